The van der Waals surface area contributed by atoms with Gasteiger partial charge in [0.25, 0.3) is 0 Å². The normalized spacial score (nSPS) is 12.2. The molecule has 0 radical (unpaired) electrons. The molecule has 2 heteroatoms. The minimum atomic E-state index is 0.499. The molecule has 1 aromatic carbocycles. The molecular formula is C19H29BrO. The Kier molecular flexibility index (Phi) is 11.5. The molecule has 21 heavy (non-hydrogen) atoms. The Bertz CT molecular complexity index is 350. The SMILES string of the molecule is C=CC(Br)CCCCCCCCCOCc1ccccc1. The third-order valence-electron chi connectivity index (χ3n) is 3.64. The van der Waals surface area contributed by atoms with Crippen LogP contribution in [0.2, 0.25) is 0 Å². The first-order valence-corrected chi connectivity index (χ1v) is 9.13. The summed E-state index contributed by atoms with van der Waals surface area (Å²) in [5.41, 5.74) is 1.27. The average molecular weight is 353 g/mol. The molecule has 0 N–H and O–H groups in total. The van der Waals surface area contributed by atoms with Gasteiger partial charge in [-0.1, -0.05) is 90.9 Å². The summed E-state index contributed by atoms with van der Waals surface area (Å²) in [6.45, 7) is 5.42. The van der Waals surface area contributed by atoms with E-state index >= 15 is 0 Å². The summed E-state index contributed by atoms with van der Waals surface area (Å²) in [7, 11) is 0. The Morgan fingerprint density at radius 3 is 2.24 bits per heavy atom. The summed E-state index contributed by atoms with van der Waals surface area (Å²) in [4.78, 5) is 0.499. The maximum absolute atomic E-state index is 5.69. The van der Waals surface area contributed by atoms with Crippen molar-refractivity contribution in [1.29, 1.82) is 0 Å². The largest absolute Gasteiger partial charge is 0.377 e. The summed E-state index contributed by atoms with van der Waals surface area (Å²) in [5, 5.41) is 0. The van der Waals surface area contributed by atoms with Crippen LogP contribution in [0.3, 0.4) is 0 Å². The van der Waals surface area contributed by atoms with Crippen LogP contribution < -0.4 is 0 Å². The first-order chi connectivity index (χ1) is 10.3. The molecule has 0 aliphatic rings. The lowest BCUT2D eigenvalue weighted by atomic mass is 10.1. The number of rotatable bonds is 13. The fraction of sp³-hybridized carbons (Fsp3) is 0.579. The highest BCUT2D eigenvalue weighted by molar-refractivity contribution is 9.09. The van der Waals surface area contributed by atoms with E-state index in [1.165, 1.54) is 56.9 Å². The molecule has 0 saturated carbocycles. The molecule has 0 amide bonds. The van der Waals surface area contributed by atoms with E-state index in [-0.39, 0.29) is 0 Å². The number of benzene rings is 1. The number of alkyl halides is 1. The number of ether oxygens (including phenoxy) is 1. The summed E-state index contributed by atoms with van der Waals surface area (Å²) >= 11 is 3.58. The quantitative estimate of drug-likeness (QED) is 0.231. The summed E-state index contributed by atoms with van der Waals surface area (Å²) in [5.74, 6) is 0. The van der Waals surface area contributed by atoms with Crippen molar-refractivity contribution in [3.63, 3.8) is 0 Å². The van der Waals surface area contributed by atoms with Crippen molar-refractivity contribution in [3.05, 3.63) is 48.6 Å². The van der Waals surface area contributed by atoms with E-state index in [0.717, 1.165) is 13.2 Å². The maximum Gasteiger partial charge on any atom is 0.0716 e. The van der Waals surface area contributed by atoms with Crippen LogP contribution in [0.1, 0.15) is 56.9 Å². The second-order valence-electron chi connectivity index (χ2n) is 5.55. The molecule has 0 bridgehead atoms. The van der Waals surface area contributed by atoms with E-state index in [2.05, 4.69) is 46.8 Å². The summed E-state index contributed by atoms with van der Waals surface area (Å²) in [6.07, 6.45) is 12.4. The van der Waals surface area contributed by atoms with Gasteiger partial charge in [0.2, 0.25) is 0 Å². The minimum absolute atomic E-state index is 0.499. The molecule has 0 aliphatic carbocycles. The van der Waals surface area contributed by atoms with Gasteiger partial charge in [0.15, 0.2) is 0 Å². The van der Waals surface area contributed by atoms with Crippen LogP contribution in [-0.4, -0.2) is 11.4 Å². The first kappa shape index (κ1) is 18.4. The molecule has 0 spiro atoms. The van der Waals surface area contributed by atoms with Gasteiger partial charge in [-0.25, -0.2) is 0 Å². The van der Waals surface area contributed by atoms with Crippen LogP contribution in [0.5, 0.6) is 0 Å². The Morgan fingerprint density at radius 2 is 1.57 bits per heavy atom. The predicted molar refractivity (Wildman–Crippen MR) is 95.9 cm³/mol. The third kappa shape index (κ3) is 10.7. The highest BCUT2D eigenvalue weighted by Gasteiger charge is 1.98. The van der Waals surface area contributed by atoms with Gasteiger partial charge in [-0.2, -0.15) is 0 Å². The molecule has 1 aromatic rings. The second-order valence-corrected chi connectivity index (χ2v) is 6.73. The van der Waals surface area contributed by atoms with Crippen molar-refractivity contribution in [2.75, 3.05) is 6.61 Å². The zero-order chi connectivity index (χ0) is 15.2. The molecule has 1 rings (SSSR count). The molecule has 0 fully saturated rings. The van der Waals surface area contributed by atoms with Crippen LogP contribution in [0.15, 0.2) is 43.0 Å². The molecule has 1 atom stereocenters. The summed E-state index contributed by atoms with van der Waals surface area (Å²) < 4.78 is 5.69. The second kappa shape index (κ2) is 13.1. The zero-order valence-corrected chi connectivity index (χ0v) is 14.7. The van der Waals surface area contributed by atoms with E-state index in [4.69, 9.17) is 4.74 Å². The number of hydrogen-bond acceptors (Lipinski definition) is 1. The van der Waals surface area contributed by atoms with Crippen molar-refractivity contribution in [2.24, 2.45) is 0 Å². The highest BCUT2D eigenvalue weighted by atomic mass is 79.9. The van der Waals surface area contributed by atoms with Crippen LogP contribution in [0, 0.1) is 0 Å². The van der Waals surface area contributed by atoms with E-state index in [1.54, 1.807) is 0 Å². The topological polar surface area (TPSA) is 9.23 Å². The van der Waals surface area contributed by atoms with Crippen molar-refractivity contribution in [3.8, 4) is 0 Å². The van der Waals surface area contributed by atoms with Gasteiger partial charge in [-0.05, 0) is 18.4 Å². The molecular weight excluding hydrogens is 324 g/mol. The van der Waals surface area contributed by atoms with Crippen LogP contribution in [0.4, 0.5) is 0 Å². The average Bonchev–Trinajstić information content (AvgIpc) is 2.53. The fourth-order valence-corrected chi connectivity index (χ4v) is 2.63. The van der Waals surface area contributed by atoms with Gasteiger partial charge in [0.05, 0.1) is 6.61 Å². The Labute approximate surface area is 138 Å². The number of allylic oxidation sites excluding steroid dienone is 1. The minimum Gasteiger partial charge on any atom is -0.377 e. The van der Waals surface area contributed by atoms with Crippen molar-refractivity contribution >= 4 is 15.9 Å². The van der Waals surface area contributed by atoms with E-state index in [0.29, 0.717) is 4.83 Å². The third-order valence-corrected chi connectivity index (χ3v) is 4.47. The lowest BCUT2D eigenvalue weighted by Crippen LogP contribution is -1.95. The van der Waals surface area contributed by atoms with Crippen LogP contribution in [0.25, 0.3) is 0 Å². The van der Waals surface area contributed by atoms with E-state index < -0.39 is 0 Å². The zero-order valence-electron chi connectivity index (χ0n) is 13.1. The number of halogens is 1. The molecule has 0 saturated heterocycles. The lowest BCUT2D eigenvalue weighted by Gasteiger charge is -2.05. The Balaban J connectivity index is 1.80. The molecule has 0 heterocycles. The molecule has 1 nitrogen and oxygen atoms in total. The van der Waals surface area contributed by atoms with Crippen molar-refractivity contribution < 1.29 is 4.74 Å². The Hall–Kier alpha value is -0.600. The van der Waals surface area contributed by atoms with Gasteiger partial charge in [0, 0.05) is 11.4 Å². The monoisotopic (exact) mass is 352 g/mol. The smallest absolute Gasteiger partial charge is 0.0716 e. The Morgan fingerprint density at radius 1 is 0.952 bits per heavy atom. The van der Waals surface area contributed by atoms with Gasteiger partial charge in [-0.15, -0.1) is 6.58 Å². The van der Waals surface area contributed by atoms with E-state index in [1.807, 2.05) is 12.1 Å². The van der Waals surface area contributed by atoms with Gasteiger partial charge in [0.1, 0.15) is 0 Å². The molecule has 1 unspecified atom stereocenters. The maximum atomic E-state index is 5.69. The van der Waals surface area contributed by atoms with E-state index in [9.17, 15) is 0 Å². The molecule has 118 valence electrons. The van der Waals surface area contributed by atoms with Gasteiger partial charge >= 0.3 is 0 Å². The van der Waals surface area contributed by atoms with Crippen LogP contribution in [-0.2, 0) is 11.3 Å². The van der Waals surface area contributed by atoms with Crippen molar-refractivity contribution in [1.82, 2.24) is 0 Å². The number of hydrogen-bond donors (Lipinski definition) is 0. The lowest BCUT2D eigenvalue weighted by molar-refractivity contribution is 0.116. The standard InChI is InChI=1S/C19H29BrO/c1-2-19(20)15-11-6-4-3-5-7-12-16-21-17-18-13-9-8-10-14-18/h2,8-10,13-14,19H,1,3-7,11-12,15-17H2. The summed E-state index contributed by atoms with van der Waals surface area (Å²) in [6, 6.07) is 10.4. The van der Waals surface area contributed by atoms with Gasteiger partial charge in [-0.3, -0.25) is 0 Å². The molecule has 0 aromatic heterocycles. The molecule has 0 aliphatic heterocycles. The predicted octanol–water partition coefficient (Wildman–Crippen LogP) is 6.27. The van der Waals surface area contributed by atoms with Crippen molar-refractivity contribution in [2.45, 2.75) is 62.8 Å². The van der Waals surface area contributed by atoms with Crippen LogP contribution >= 0.6 is 15.9 Å². The number of unbranched alkanes of at least 4 members (excludes halogenated alkanes) is 6. The fourth-order valence-electron chi connectivity index (χ4n) is 2.31. The van der Waals surface area contributed by atoms with Gasteiger partial charge < -0.3 is 4.74 Å². The first-order valence-electron chi connectivity index (χ1n) is 8.21. The highest BCUT2D eigenvalue weighted by Crippen LogP contribution is 2.14.